The molecule has 0 bridgehead atoms. The predicted octanol–water partition coefficient (Wildman–Crippen LogP) is 6.87. The van der Waals surface area contributed by atoms with Crippen LogP contribution in [0.15, 0.2) is 48.0 Å². The molecule has 0 amide bonds. The Morgan fingerprint density at radius 3 is 2.44 bits per heavy atom. The van der Waals surface area contributed by atoms with Gasteiger partial charge in [-0.1, -0.05) is 11.6 Å². The summed E-state index contributed by atoms with van der Waals surface area (Å²) < 4.78 is 44.5. The molecule has 34 heavy (non-hydrogen) atoms. The first-order valence-corrected chi connectivity index (χ1v) is 11.6. The van der Waals surface area contributed by atoms with Crippen molar-refractivity contribution in [1.29, 1.82) is 0 Å². The summed E-state index contributed by atoms with van der Waals surface area (Å²) in [5.74, 6) is -0.735. The lowest BCUT2D eigenvalue weighted by Crippen LogP contribution is -2.05. The zero-order valence-electron chi connectivity index (χ0n) is 18.4. The standard InChI is InChI=1S/C25H20ClF2NO4S/c1-3-31-25(30)20-10-29-24(26)22-16(13-34-23(20)22)12-33-19-7-14(2)6-18(9-19)32-11-15-4-5-17(27)8-21(15)28/h4-10,13H,3,11-12H2,1-2H3. The average Bonchev–Trinajstić information content (AvgIpc) is 3.22. The highest BCUT2D eigenvalue weighted by molar-refractivity contribution is 7.17. The van der Waals surface area contributed by atoms with E-state index in [0.29, 0.717) is 27.1 Å². The summed E-state index contributed by atoms with van der Waals surface area (Å²) in [6, 6.07) is 8.67. The maximum absolute atomic E-state index is 13.9. The fourth-order valence-electron chi connectivity index (χ4n) is 3.36. The van der Waals surface area contributed by atoms with E-state index in [4.69, 9.17) is 25.8 Å². The van der Waals surface area contributed by atoms with Crippen molar-refractivity contribution in [3.8, 4) is 11.5 Å². The lowest BCUT2D eigenvalue weighted by molar-refractivity contribution is 0.0528. The van der Waals surface area contributed by atoms with Crippen molar-refractivity contribution < 1.29 is 27.8 Å². The fraction of sp³-hybridized carbons (Fsp3) is 0.200. The van der Waals surface area contributed by atoms with E-state index in [1.807, 2.05) is 18.4 Å². The molecule has 176 valence electrons. The SMILES string of the molecule is CCOC(=O)c1cnc(Cl)c2c(COc3cc(C)cc(OCc4ccc(F)cc4F)c3)csc12. The molecular weight excluding hydrogens is 484 g/mol. The number of nitrogens with zero attached hydrogens (tertiary/aromatic N) is 1. The quantitative estimate of drug-likeness (QED) is 0.194. The van der Waals surface area contributed by atoms with Gasteiger partial charge in [0.2, 0.25) is 0 Å². The average molecular weight is 504 g/mol. The molecular formula is C25H20ClF2NO4S. The van der Waals surface area contributed by atoms with Crippen LogP contribution in [0.25, 0.3) is 10.1 Å². The number of rotatable bonds is 8. The molecule has 0 aliphatic rings. The largest absolute Gasteiger partial charge is 0.489 e. The number of pyridine rings is 1. The molecule has 4 rings (SSSR count). The van der Waals surface area contributed by atoms with Gasteiger partial charge in [0.15, 0.2) is 0 Å². The summed E-state index contributed by atoms with van der Waals surface area (Å²) >= 11 is 7.69. The normalized spacial score (nSPS) is 11.0. The summed E-state index contributed by atoms with van der Waals surface area (Å²) in [5.41, 5.74) is 2.26. The number of hydrogen-bond donors (Lipinski definition) is 0. The molecule has 2 heterocycles. The van der Waals surface area contributed by atoms with E-state index < -0.39 is 17.6 Å². The molecule has 0 spiro atoms. The number of thiophene rings is 1. The topological polar surface area (TPSA) is 57.7 Å². The summed E-state index contributed by atoms with van der Waals surface area (Å²) in [4.78, 5) is 16.4. The molecule has 0 N–H and O–H groups in total. The van der Waals surface area contributed by atoms with Gasteiger partial charge in [0.1, 0.15) is 41.5 Å². The van der Waals surface area contributed by atoms with Gasteiger partial charge in [-0.25, -0.2) is 18.6 Å². The van der Waals surface area contributed by atoms with Crippen molar-refractivity contribution in [2.24, 2.45) is 0 Å². The summed E-state index contributed by atoms with van der Waals surface area (Å²) in [6.45, 7) is 4.01. The molecule has 0 aliphatic carbocycles. The minimum absolute atomic E-state index is 0.0535. The third kappa shape index (κ3) is 5.29. The van der Waals surface area contributed by atoms with E-state index >= 15 is 0 Å². The molecule has 0 saturated heterocycles. The van der Waals surface area contributed by atoms with Gasteiger partial charge in [-0.15, -0.1) is 11.3 Å². The van der Waals surface area contributed by atoms with Crippen LogP contribution in [0.3, 0.4) is 0 Å². The van der Waals surface area contributed by atoms with Crippen molar-refractivity contribution in [3.63, 3.8) is 0 Å². The maximum Gasteiger partial charge on any atom is 0.341 e. The minimum atomic E-state index is -0.666. The molecule has 0 aliphatic heterocycles. The Balaban J connectivity index is 1.51. The first kappa shape index (κ1) is 23.9. The highest BCUT2D eigenvalue weighted by Crippen LogP contribution is 2.35. The van der Waals surface area contributed by atoms with Crippen molar-refractivity contribution in [2.45, 2.75) is 27.1 Å². The highest BCUT2D eigenvalue weighted by atomic mass is 35.5. The zero-order chi connectivity index (χ0) is 24.2. The molecule has 0 unspecified atom stereocenters. The summed E-state index contributed by atoms with van der Waals surface area (Å²) in [6.07, 6.45) is 1.41. The second-order valence-corrected chi connectivity index (χ2v) is 8.68. The Bertz CT molecular complexity index is 1360. The maximum atomic E-state index is 13.9. The van der Waals surface area contributed by atoms with Gasteiger partial charge in [-0.3, -0.25) is 0 Å². The van der Waals surface area contributed by atoms with Crippen molar-refractivity contribution in [2.75, 3.05) is 6.61 Å². The number of carbonyl (C=O) groups is 1. The Morgan fingerprint density at radius 2 is 1.76 bits per heavy atom. The van der Waals surface area contributed by atoms with Crippen LogP contribution < -0.4 is 9.47 Å². The molecule has 9 heteroatoms. The Morgan fingerprint density at radius 1 is 1.06 bits per heavy atom. The first-order chi connectivity index (χ1) is 16.4. The van der Waals surface area contributed by atoms with E-state index in [-0.39, 0.29) is 30.5 Å². The lowest BCUT2D eigenvalue weighted by atomic mass is 10.1. The van der Waals surface area contributed by atoms with Gasteiger partial charge in [-0.2, -0.15) is 0 Å². The van der Waals surface area contributed by atoms with E-state index in [0.717, 1.165) is 17.2 Å². The van der Waals surface area contributed by atoms with E-state index in [9.17, 15) is 13.6 Å². The third-order valence-corrected chi connectivity index (χ3v) is 6.30. The van der Waals surface area contributed by atoms with Gasteiger partial charge in [0, 0.05) is 34.8 Å². The molecule has 0 saturated carbocycles. The fourth-order valence-corrected chi connectivity index (χ4v) is 4.74. The zero-order valence-corrected chi connectivity index (χ0v) is 19.9. The molecule has 4 aromatic rings. The van der Waals surface area contributed by atoms with Gasteiger partial charge < -0.3 is 14.2 Å². The molecule has 5 nitrogen and oxygen atoms in total. The number of esters is 1. The number of ether oxygens (including phenoxy) is 3. The summed E-state index contributed by atoms with van der Waals surface area (Å²) in [5, 5.41) is 2.79. The number of aryl methyl sites for hydroxylation is 1. The Labute approximate surface area is 203 Å². The van der Waals surface area contributed by atoms with Gasteiger partial charge >= 0.3 is 5.97 Å². The molecule has 2 aromatic heterocycles. The Hall–Kier alpha value is -3.23. The van der Waals surface area contributed by atoms with Crippen molar-refractivity contribution in [1.82, 2.24) is 4.98 Å². The van der Waals surface area contributed by atoms with E-state index in [1.54, 1.807) is 19.1 Å². The molecule has 0 atom stereocenters. The molecule has 0 radical (unpaired) electrons. The number of benzene rings is 2. The van der Waals surface area contributed by atoms with Crippen LogP contribution in [0.5, 0.6) is 11.5 Å². The smallest absolute Gasteiger partial charge is 0.341 e. The van der Waals surface area contributed by atoms with Gasteiger partial charge in [0.25, 0.3) is 0 Å². The number of halogens is 3. The lowest BCUT2D eigenvalue weighted by Gasteiger charge is -2.12. The van der Waals surface area contributed by atoms with Gasteiger partial charge in [0.05, 0.1) is 16.9 Å². The number of aromatic nitrogens is 1. The second-order valence-electron chi connectivity index (χ2n) is 7.44. The minimum Gasteiger partial charge on any atom is -0.489 e. The Kier molecular flexibility index (Phi) is 7.29. The van der Waals surface area contributed by atoms with Crippen molar-refractivity contribution in [3.05, 3.63) is 87.0 Å². The first-order valence-electron chi connectivity index (χ1n) is 10.4. The number of carbonyl (C=O) groups excluding carboxylic acids is 1. The monoisotopic (exact) mass is 503 g/mol. The second kappa shape index (κ2) is 10.4. The van der Waals surface area contributed by atoms with Crippen LogP contribution in [-0.4, -0.2) is 17.6 Å². The van der Waals surface area contributed by atoms with Crippen LogP contribution in [-0.2, 0) is 18.0 Å². The van der Waals surface area contributed by atoms with Crippen LogP contribution in [0.2, 0.25) is 5.15 Å². The van der Waals surface area contributed by atoms with Gasteiger partial charge in [-0.05, 0) is 49.1 Å². The van der Waals surface area contributed by atoms with Crippen molar-refractivity contribution >= 4 is 39.0 Å². The van der Waals surface area contributed by atoms with Crippen LogP contribution in [0.1, 0.15) is 34.0 Å². The van der Waals surface area contributed by atoms with Crippen LogP contribution in [0.4, 0.5) is 8.78 Å². The summed E-state index contributed by atoms with van der Waals surface area (Å²) in [7, 11) is 0. The molecule has 0 fully saturated rings. The van der Waals surface area contributed by atoms with E-state index in [2.05, 4.69) is 4.98 Å². The third-order valence-electron chi connectivity index (χ3n) is 4.95. The molecule has 2 aromatic carbocycles. The predicted molar refractivity (Wildman–Crippen MR) is 127 cm³/mol. The number of hydrogen-bond acceptors (Lipinski definition) is 6. The van der Waals surface area contributed by atoms with E-state index in [1.165, 1.54) is 29.7 Å². The van der Waals surface area contributed by atoms with Crippen LogP contribution in [0, 0.1) is 18.6 Å². The van der Waals surface area contributed by atoms with Crippen LogP contribution >= 0.6 is 22.9 Å². The highest BCUT2D eigenvalue weighted by Gasteiger charge is 2.19. The number of fused-ring (bicyclic) bond motifs is 1.